The van der Waals surface area contributed by atoms with E-state index >= 15 is 0 Å². The van der Waals surface area contributed by atoms with E-state index in [1.54, 1.807) is 30.1 Å². The second-order valence-corrected chi connectivity index (χ2v) is 5.76. The number of benzene rings is 1. The molecule has 0 fully saturated rings. The third kappa shape index (κ3) is 3.42. The summed E-state index contributed by atoms with van der Waals surface area (Å²) >= 11 is 0. The lowest BCUT2D eigenvalue weighted by atomic mass is 10.1. The molecule has 0 aliphatic carbocycles. The Bertz CT molecular complexity index is 1060. The van der Waals surface area contributed by atoms with Crippen molar-refractivity contribution in [1.29, 1.82) is 0 Å². The van der Waals surface area contributed by atoms with E-state index in [1.807, 2.05) is 0 Å². The lowest BCUT2D eigenvalue weighted by Gasteiger charge is -2.07. The average molecular weight is 357 g/mol. The van der Waals surface area contributed by atoms with E-state index in [0.29, 0.717) is 23.0 Å². The lowest BCUT2D eigenvalue weighted by molar-refractivity contribution is 0.0951. The maximum Gasteiger partial charge on any atom is 0.328 e. The van der Waals surface area contributed by atoms with Crippen LogP contribution in [-0.2, 0) is 19.6 Å². The first-order chi connectivity index (χ1) is 12.5. The van der Waals surface area contributed by atoms with Gasteiger partial charge in [0.25, 0.3) is 11.5 Å². The number of nitrogens with one attached hydrogen (secondary N) is 2. The highest BCUT2D eigenvalue weighted by molar-refractivity contribution is 5.97. The van der Waals surface area contributed by atoms with Crippen LogP contribution < -0.4 is 16.6 Å². The third-order valence-electron chi connectivity index (χ3n) is 4.03. The van der Waals surface area contributed by atoms with Gasteiger partial charge >= 0.3 is 5.69 Å². The Morgan fingerprint density at radius 3 is 2.88 bits per heavy atom. The fourth-order valence-corrected chi connectivity index (χ4v) is 2.69. The number of rotatable bonds is 6. The van der Waals surface area contributed by atoms with E-state index in [-0.39, 0.29) is 31.2 Å². The summed E-state index contributed by atoms with van der Waals surface area (Å²) in [6.07, 6.45) is 3.35. The predicted molar refractivity (Wildman–Crippen MR) is 95.0 cm³/mol. The number of fused-ring (bicyclic) bond motifs is 1. The summed E-state index contributed by atoms with van der Waals surface area (Å²) in [4.78, 5) is 39.1. The molecule has 3 aromatic rings. The molecule has 0 atom stereocenters. The number of aliphatic hydroxyl groups excluding tert-OH is 1. The van der Waals surface area contributed by atoms with Gasteiger partial charge in [0.1, 0.15) is 0 Å². The summed E-state index contributed by atoms with van der Waals surface area (Å²) in [5.41, 5.74) is 0.581. The first kappa shape index (κ1) is 17.6. The molecule has 0 aliphatic rings. The van der Waals surface area contributed by atoms with Crippen molar-refractivity contribution in [2.45, 2.75) is 26.6 Å². The van der Waals surface area contributed by atoms with E-state index in [0.717, 1.165) is 10.1 Å². The number of hydrogen-bond donors (Lipinski definition) is 3. The molecule has 0 bridgehead atoms. The van der Waals surface area contributed by atoms with Gasteiger partial charge in [0, 0.05) is 30.4 Å². The van der Waals surface area contributed by atoms with Gasteiger partial charge in [0.2, 0.25) is 0 Å². The Hall–Kier alpha value is -3.20. The zero-order valence-corrected chi connectivity index (χ0v) is 14.2. The van der Waals surface area contributed by atoms with Gasteiger partial charge in [-0.15, -0.1) is 0 Å². The highest BCUT2D eigenvalue weighted by Crippen LogP contribution is 2.09. The summed E-state index contributed by atoms with van der Waals surface area (Å²) in [6, 6.07) is 4.57. The maximum atomic E-state index is 12.3. The molecule has 0 unspecified atom stereocenters. The van der Waals surface area contributed by atoms with E-state index in [1.165, 1.54) is 12.1 Å². The second kappa shape index (κ2) is 7.36. The molecule has 2 aromatic heterocycles. The first-order valence-corrected chi connectivity index (χ1v) is 8.20. The number of aromatic nitrogens is 4. The maximum absolute atomic E-state index is 12.3. The molecule has 1 amide bonds. The molecule has 0 saturated heterocycles. The van der Waals surface area contributed by atoms with Crippen molar-refractivity contribution in [1.82, 2.24) is 24.6 Å². The van der Waals surface area contributed by atoms with Crippen LogP contribution in [0, 0.1) is 0 Å². The molecule has 9 heteroatoms. The van der Waals surface area contributed by atoms with Crippen molar-refractivity contribution in [3.05, 3.63) is 62.6 Å². The molecule has 26 heavy (non-hydrogen) atoms. The van der Waals surface area contributed by atoms with Crippen molar-refractivity contribution >= 4 is 16.8 Å². The van der Waals surface area contributed by atoms with Crippen LogP contribution in [0.15, 0.2) is 40.2 Å². The SMILES string of the molecule is CCn1c(=O)[nH]c2cc(C(=O)NCc3cnn(CCO)c3)ccc2c1=O. The van der Waals surface area contributed by atoms with Crippen molar-refractivity contribution in [2.24, 2.45) is 0 Å². The number of H-pyrrole nitrogens is 1. The monoisotopic (exact) mass is 357 g/mol. The van der Waals surface area contributed by atoms with Gasteiger partial charge in [-0.1, -0.05) is 0 Å². The molecular formula is C17H19N5O4. The molecule has 0 aliphatic heterocycles. The van der Waals surface area contributed by atoms with Gasteiger partial charge in [0.15, 0.2) is 0 Å². The second-order valence-electron chi connectivity index (χ2n) is 5.76. The molecular weight excluding hydrogens is 338 g/mol. The average Bonchev–Trinajstić information content (AvgIpc) is 3.07. The van der Waals surface area contributed by atoms with Crippen molar-refractivity contribution < 1.29 is 9.90 Å². The molecule has 136 valence electrons. The molecule has 3 rings (SSSR count). The van der Waals surface area contributed by atoms with Gasteiger partial charge in [-0.05, 0) is 25.1 Å². The lowest BCUT2D eigenvalue weighted by Crippen LogP contribution is -2.34. The Balaban J connectivity index is 1.80. The Morgan fingerprint density at radius 1 is 1.35 bits per heavy atom. The normalized spacial score (nSPS) is 11.0. The van der Waals surface area contributed by atoms with Crippen LogP contribution in [0.2, 0.25) is 0 Å². The van der Waals surface area contributed by atoms with Crippen LogP contribution in [0.3, 0.4) is 0 Å². The van der Waals surface area contributed by atoms with Crippen LogP contribution in [0.5, 0.6) is 0 Å². The van der Waals surface area contributed by atoms with Crippen LogP contribution in [0.25, 0.3) is 10.9 Å². The number of aromatic amines is 1. The standard InChI is InChI=1S/C17H19N5O4/c1-2-22-16(25)13-4-3-12(7-14(13)20-17(22)26)15(24)18-8-11-9-19-21(10-11)5-6-23/h3-4,7,9-10,23H,2,5-6,8H2,1H3,(H,18,24)(H,20,26). The quantitative estimate of drug-likeness (QED) is 0.565. The van der Waals surface area contributed by atoms with Crippen LogP contribution >= 0.6 is 0 Å². The molecule has 9 nitrogen and oxygen atoms in total. The molecule has 0 spiro atoms. The summed E-state index contributed by atoms with van der Waals surface area (Å²) in [5, 5.41) is 16.0. The number of carbonyl (C=O) groups excluding carboxylic acids is 1. The fourth-order valence-electron chi connectivity index (χ4n) is 2.69. The van der Waals surface area contributed by atoms with Crippen molar-refractivity contribution in [3.63, 3.8) is 0 Å². The first-order valence-electron chi connectivity index (χ1n) is 8.20. The Labute approximate surface area is 147 Å². The minimum Gasteiger partial charge on any atom is -0.394 e. The van der Waals surface area contributed by atoms with Gasteiger partial charge in [-0.25, -0.2) is 4.79 Å². The number of aliphatic hydroxyl groups is 1. The van der Waals surface area contributed by atoms with Gasteiger partial charge in [0.05, 0.1) is 30.3 Å². The number of hydrogen-bond acceptors (Lipinski definition) is 5. The highest BCUT2D eigenvalue weighted by atomic mass is 16.3. The molecule has 3 N–H and O–H groups in total. The molecule has 0 saturated carbocycles. The van der Waals surface area contributed by atoms with Crippen LogP contribution in [0.1, 0.15) is 22.8 Å². The highest BCUT2D eigenvalue weighted by Gasteiger charge is 2.11. The van der Waals surface area contributed by atoms with Crippen LogP contribution in [0.4, 0.5) is 0 Å². The van der Waals surface area contributed by atoms with Crippen molar-refractivity contribution in [2.75, 3.05) is 6.61 Å². The van der Waals surface area contributed by atoms with E-state index in [4.69, 9.17) is 5.11 Å². The summed E-state index contributed by atoms with van der Waals surface area (Å²) in [5.74, 6) is -0.331. The topological polar surface area (TPSA) is 122 Å². The zero-order valence-electron chi connectivity index (χ0n) is 14.2. The largest absolute Gasteiger partial charge is 0.394 e. The number of amides is 1. The summed E-state index contributed by atoms with van der Waals surface area (Å²) < 4.78 is 2.69. The minimum absolute atomic E-state index is 0.0114. The zero-order chi connectivity index (χ0) is 18.7. The smallest absolute Gasteiger partial charge is 0.328 e. The van der Waals surface area contributed by atoms with E-state index < -0.39 is 5.69 Å². The van der Waals surface area contributed by atoms with Gasteiger partial charge in [-0.2, -0.15) is 5.10 Å². The molecule has 0 radical (unpaired) electrons. The third-order valence-corrected chi connectivity index (χ3v) is 4.03. The minimum atomic E-state index is -0.501. The molecule has 1 aromatic carbocycles. The summed E-state index contributed by atoms with van der Waals surface area (Å²) in [6.45, 7) is 2.64. The Morgan fingerprint density at radius 2 is 2.15 bits per heavy atom. The van der Waals surface area contributed by atoms with Gasteiger partial charge in [-0.3, -0.25) is 18.8 Å². The summed E-state index contributed by atoms with van der Waals surface area (Å²) in [7, 11) is 0. The number of carbonyl (C=O) groups is 1. The predicted octanol–water partition coefficient (Wildman–Crippen LogP) is -0.171. The van der Waals surface area contributed by atoms with E-state index in [2.05, 4.69) is 15.4 Å². The van der Waals surface area contributed by atoms with Gasteiger partial charge < -0.3 is 15.4 Å². The Kier molecular flexibility index (Phi) is 4.99. The molecule has 2 heterocycles. The van der Waals surface area contributed by atoms with Crippen molar-refractivity contribution in [3.8, 4) is 0 Å². The van der Waals surface area contributed by atoms with E-state index in [9.17, 15) is 14.4 Å². The van der Waals surface area contributed by atoms with Crippen LogP contribution in [-0.4, -0.2) is 37.0 Å². The fraction of sp³-hybridized carbons (Fsp3) is 0.294. The number of nitrogens with zero attached hydrogens (tertiary/aromatic N) is 3.